The van der Waals surface area contributed by atoms with E-state index < -0.39 is 5.54 Å². The summed E-state index contributed by atoms with van der Waals surface area (Å²) in [5.41, 5.74) is 6.17. The number of fused-ring (bicyclic) bond motifs is 1. The number of carbonyl (C=O) groups excluding carboxylic acids is 3. The molecular weight excluding hydrogens is 246 g/mol. The predicted octanol–water partition coefficient (Wildman–Crippen LogP) is 0.342. The third-order valence-corrected chi connectivity index (χ3v) is 3.59. The highest BCUT2D eigenvalue weighted by atomic mass is 16.2. The molecule has 1 aliphatic heterocycles. The summed E-state index contributed by atoms with van der Waals surface area (Å²) in [7, 11) is 1.43. The van der Waals surface area contributed by atoms with Crippen molar-refractivity contribution in [2.75, 3.05) is 12.4 Å². The number of benzene rings is 1. The lowest BCUT2D eigenvalue weighted by Crippen LogP contribution is -2.37. The van der Waals surface area contributed by atoms with E-state index in [9.17, 15) is 14.4 Å². The van der Waals surface area contributed by atoms with Crippen LogP contribution in [0.4, 0.5) is 5.69 Å². The maximum atomic E-state index is 11.8. The number of carbonyl (C=O) groups is 3. The second-order valence-corrected chi connectivity index (χ2v) is 5.04. The first-order valence-corrected chi connectivity index (χ1v) is 5.99. The zero-order valence-electron chi connectivity index (χ0n) is 10.4. The van der Waals surface area contributed by atoms with Gasteiger partial charge in [-0.05, 0) is 31.0 Å². The maximum Gasteiger partial charge on any atom is 0.261 e. The smallest absolute Gasteiger partial charge is 0.261 e. The van der Waals surface area contributed by atoms with Gasteiger partial charge in [0.2, 0.25) is 5.91 Å². The zero-order valence-corrected chi connectivity index (χ0v) is 10.4. The lowest BCUT2D eigenvalue weighted by Gasteiger charge is -2.10. The fraction of sp³-hybridized carbons (Fsp3) is 0.308. The molecule has 0 atom stereocenters. The van der Waals surface area contributed by atoms with Crippen molar-refractivity contribution in [1.29, 1.82) is 0 Å². The van der Waals surface area contributed by atoms with Gasteiger partial charge in [-0.3, -0.25) is 19.3 Å². The summed E-state index contributed by atoms with van der Waals surface area (Å²) in [6.07, 6.45) is 1.34. The number of nitrogens with two attached hydrogens (primary N) is 1. The van der Waals surface area contributed by atoms with Crippen molar-refractivity contribution in [3.63, 3.8) is 0 Å². The number of hydrogen-bond donors (Lipinski definition) is 2. The Morgan fingerprint density at radius 2 is 1.89 bits per heavy atom. The number of rotatable bonds is 2. The Balaban J connectivity index is 1.89. The largest absolute Gasteiger partial charge is 0.324 e. The zero-order chi connectivity index (χ0) is 13.8. The van der Waals surface area contributed by atoms with Crippen LogP contribution in [0.25, 0.3) is 0 Å². The molecule has 1 saturated carbocycles. The number of anilines is 1. The topological polar surface area (TPSA) is 92.5 Å². The van der Waals surface area contributed by atoms with Crippen LogP contribution in [-0.4, -0.2) is 35.2 Å². The molecule has 6 heteroatoms. The van der Waals surface area contributed by atoms with Gasteiger partial charge in [0, 0.05) is 12.7 Å². The minimum atomic E-state index is -0.768. The van der Waals surface area contributed by atoms with Crippen molar-refractivity contribution in [1.82, 2.24) is 4.90 Å². The van der Waals surface area contributed by atoms with Gasteiger partial charge in [-0.25, -0.2) is 0 Å². The van der Waals surface area contributed by atoms with Crippen molar-refractivity contribution >= 4 is 23.4 Å². The molecule has 1 aromatic rings. The third-order valence-electron chi connectivity index (χ3n) is 3.59. The maximum absolute atomic E-state index is 11.8. The number of nitrogens with zero attached hydrogens (tertiary/aromatic N) is 1. The van der Waals surface area contributed by atoms with Crippen molar-refractivity contribution in [3.8, 4) is 0 Å². The van der Waals surface area contributed by atoms with E-state index in [2.05, 4.69) is 5.32 Å². The minimum Gasteiger partial charge on any atom is -0.324 e. The first-order chi connectivity index (χ1) is 8.92. The number of nitrogens with one attached hydrogen (secondary N) is 1. The molecule has 0 unspecified atom stereocenters. The quantitative estimate of drug-likeness (QED) is 0.749. The lowest BCUT2D eigenvalue weighted by atomic mass is 10.1. The highest BCUT2D eigenvalue weighted by Crippen LogP contribution is 2.33. The van der Waals surface area contributed by atoms with Crippen LogP contribution in [0.2, 0.25) is 0 Å². The summed E-state index contributed by atoms with van der Waals surface area (Å²) in [6, 6.07) is 4.67. The highest BCUT2D eigenvalue weighted by Gasteiger charge is 2.46. The summed E-state index contributed by atoms with van der Waals surface area (Å²) in [5, 5.41) is 2.68. The van der Waals surface area contributed by atoms with Gasteiger partial charge in [-0.15, -0.1) is 0 Å². The molecule has 98 valence electrons. The summed E-state index contributed by atoms with van der Waals surface area (Å²) in [4.78, 5) is 36.4. The molecule has 0 spiro atoms. The monoisotopic (exact) mass is 259 g/mol. The molecule has 1 heterocycles. The average Bonchev–Trinajstić information content (AvgIpc) is 3.11. The SMILES string of the molecule is CN1C(=O)c2ccc(NC(=O)C3(N)CC3)cc2C1=O. The average molecular weight is 259 g/mol. The Morgan fingerprint density at radius 1 is 1.26 bits per heavy atom. The molecule has 1 aliphatic carbocycles. The Labute approximate surface area is 109 Å². The molecule has 0 saturated heterocycles. The van der Waals surface area contributed by atoms with E-state index in [1.54, 1.807) is 12.1 Å². The second kappa shape index (κ2) is 3.64. The van der Waals surface area contributed by atoms with Crippen molar-refractivity contribution in [2.45, 2.75) is 18.4 Å². The summed E-state index contributed by atoms with van der Waals surface area (Å²) in [5.74, 6) is -0.932. The van der Waals surface area contributed by atoms with Gasteiger partial charge in [0.15, 0.2) is 0 Å². The summed E-state index contributed by atoms with van der Waals surface area (Å²) >= 11 is 0. The fourth-order valence-corrected chi connectivity index (χ4v) is 2.06. The van der Waals surface area contributed by atoms with Gasteiger partial charge in [0.1, 0.15) is 0 Å². The molecule has 19 heavy (non-hydrogen) atoms. The predicted molar refractivity (Wildman–Crippen MR) is 67.6 cm³/mol. The molecule has 1 aromatic carbocycles. The van der Waals surface area contributed by atoms with Crippen LogP contribution in [0.5, 0.6) is 0 Å². The van der Waals surface area contributed by atoms with Crippen LogP contribution < -0.4 is 11.1 Å². The van der Waals surface area contributed by atoms with Gasteiger partial charge in [-0.2, -0.15) is 0 Å². The Bertz CT molecular complexity index is 620. The van der Waals surface area contributed by atoms with E-state index >= 15 is 0 Å². The molecule has 6 nitrogen and oxygen atoms in total. The molecule has 3 amide bonds. The number of amides is 3. The van der Waals surface area contributed by atoms with Crippen LogP contribution in [0, 0.1) is 0 Å². The Hall–Kier alpha value is -2.21. The molecule has 3 N–H and O–H groups in total. The standard InChI is InChI=1S/C13H13N3O3/c1-16-10(17)8-3-2-7(6-9(8)11(16)18)15-12(19)13(14)4-5-13/h2-3,6H,4-5,14H2,1H3,(H,15,19). The van der Waals surface area contributed by atoms with Crippen LogP contribution >= 0.6 is 0 Å². The lowest BCUT2D eigenvalue weighted by molar-refractivity contribution is -0.118. The summed E-state index contributed by atoms with van der Waals surface area (Å²) in [6.45, 7) is 0. The van der Waals surface area contributed by atoms with E-state index in [-0.39, 0.29) is 17.7 Å². The second-order valence-electron chi connectivity index (χ2n) is 5.04. The molecule has 1 fully saturated rings. The highest BCUT2D eigenvalue weighted by molar-refractivity contribution is 6.21. The molecule has 0 bridgehead atoms. The van der Waals surface area contributed by atoms with E-state index in [0.717, 1.165) is 4.90 Å². The first-order valence-electron chi connectivity index (χ1n) is 5.99. The van der Waals surface area contributed by atoms with E-state index in [4.69, 9.17) is 5.73 Å². The molecule has 2 aliphatic rings. The molecule has 3 rings (SSSR count). The van der Waals surface area contributed by atoms with Gasteiger partial charge in [0.25, 0.3) is 11.8 Å². The minimum absolute atomic E-state index is 0.252. The fourth-order valence-electron chi connectivity index (χ4n) is 2.06. The first kappa shape index (κ1) is 11.9. The van der Waals surface area contributed by atoms with Crippen molar-refractivity contribution in [3.05, 3.63) is 29.3 Å². The normalized spacial score (nSPS) is 19.4. The van der Waals surface area contributed by atoms with Crippen molar-refractivity contribution in [2.24, 2.45) is 5.73 Å². The van der Waals surface area contributed by atoms with Gasteiger partial charge >= 0.3 is 0 Å². The van der Waals surface area contributed by atoms with E-state index in [1.165, 1.54) is 13.1 Å². The molecule has 0 radical (unpaired) electrons. The van der Waals surface area contributed by atoms with Crippen LogP contribution in [0.3, 0.4) is 0 Å². The Kier molecular flexibility index (Phi) is 2.27. The number of imide groups is 1. The molecular formula is C13H13N3O3. The van der Waals surface area contributed by atoms with Crippen LogP contribution in [-0.2, 0) is 4.79 Å². The van der Waals surface area contributed by atoms with E-state index in [0.29, 0.717) is 29.7 Å². The number of hydrogen-bond acceptors (Lipinski definition) is 4. The van der Waals surface area contributed by atoms with Gasteiger partial charge in [0.05, 0.1) is 16.7 Å². The van der Waals surface area contributed by atoms with Crippen LogP contribution in [0.15, 0.2) is 18.2 Å². The van der Waals surface area contributed by atoms with E-state index in [1.807, 2.05) is 0 Å². The van der Waals surface area contributed by atoms with Crippen molar-refractivity contribution < 1.29 is 14.4 Å². The van der Waals surface area contributed by atoms with Gasteiger partial charge < -0.3 is 11.1 Å². The van der Waals surface area contributed by atoms with Gasteiger partial charge in [-0.1, -0.05) is 0 Å². The third kappa shape index (κ3) is 1.72. The Morgan fingerprint density at radius 3 is 2.53 bits per heavy atom. The van der Waals surface area contributed by atoms with Crippen LogP contribution in [0.1, 0.15) is 33.6 Å². The summed E-state index contributed by atoms with van der Waals surface area (Å²) < 4.78 is 0. The molecule has 0 aromatic heterocycles.